The van der Waals surface area contributed by atoms with Crippen molar-refractivity contribution in [2.24, 2.45) is 0 Å². The minimum Gasteiger partial charge on any atom is -0.505 e. The van der Waals surface area contributed by atoms with E-state index in [1.165, 1.54) is 6.26 Å². The third kappa shape index (κ3) is 3.96. The van der Waals surface area contributed by atoms with Crippen LogP contribution in [0.3, 0.4) is 0 Å². The lowest BCUT2D eigenvalue weighted by molar-refractivity contribution is -0.130. The van der Waals surface area contributed by atoms with Gasteiger partial charge in [-0.2, -0.15) is 5.26 Å². The molecule has 0 bridgehead atoms. The second-order valence-corrected chi connectivity index (χ2v) is 4.70. The van der Waals surface area contributed by atoms with Crippen LogP contribution in [-0.4, -0.2) is 49.1 Å². The molecular formula is C15H18N4O2. The summed E-state index contributed by atoms with van der Waals surface area (Å²) in [6.45, 7) is 2.86. The van der Waals surface area contributed by atoms with E-state index in [-0.39, 0.29) is 5.91 Å². The zero-order chi connectivity index (χ0) is 15.1. The van der Waals surface area contributed by atoms with Crippen molar-refractivity contribution < 1.29 is 9.53 Å². The smallest absolute Gasteiger partial charge is 0.226 e. The zero-order valence-corrected chi connectivity index (χ0v) is 12.0. The maximum Gasteiger partial charge on any atom is 0.226 e. The van der Waals surface area contributed by atoms with Crippen LogP contribution in [0.5, 0.6) is 0 Å². The Morgan fingerprint density at radius 2 is 2.19 bits per heavy atom. The summed E-state index contributed by atoms with van der Waals surface area (Å²) in [6, 6.07) is 5.66. The van der Waals surface area contributed by atoms with E-state index in [9.17, 15) is 4.79 Å². The third-order valence-electron chi connectivity index (χ3n) is 3.36. The van der Waals surface area contributed by atoms with E-state index in [0.29, 0.717) is 25.1 Å². The van der Waals surface area contributed by atoms with E-state index in [2.05, 4.69) is 16.0 Å². The number of nitriles is 1. The average Bonchev–Trinajstić information content (AvgIpc) is 2.55. The lowest BCUT2D eigenvalue weighted by Gasteiger charge is -2.35. The lowest BCUT2D eigenvalue weighted by Crippen LogP contribution is -2.48. The molecular weight excluding hydrogens is 268 g/mol. The number of anilines is 1. The molecule has 0 aromatic carbocycles. The molecule has 0 atom stereocenters. The van der Waals surface area contributed by atoms with Crippen molar-refractivity contribution in [3.05, 3.63) is 36.2 Å². The van der Waals surface area contributed by atoms with Gasteiger partial charge in [0.25, 0.3) is 0 Å². The first-order valence-electron chi connectivity index (χ1n) is 6.81. The fourth-order valence-corrected chi connectivity index (χ4v) is 2.20. The fraction of sp³-hybridized carbons (Fsp3) is 0.400. The summed E-state index contributed by atoms with van der Waals surface area (Å²) in [7, 11) is 1.56. The monoisotopic (exact) mass is 286 g/mol. The van der Waals surface area contributed by atoms with Crippen molar-refractivity contribution >= 4 is 11.7 Å². The SMILES string of the molecule is CO/C=C\CC(=O)N1CCN(c2ccc(C#N)cn2)CC1. The Balaban J connectivity index is 1.86. The van der Waals surface area contributed by atoms with Gasteiger partial charge >= 0.3 is 0 Å². The van der Waals surface area contributed by atoms with Crippen LogP contribution in [0.15, 0.2) is 30.7 Å². The zero-order valence-electron chi connectivity index (χ0n) is 12.0. The summed E-state index contributed by atoms with van der Waals surface area (Å²) >= 11 is 0. The Morgan fingerprint density at radius 3 is 2.76 bits per heavy atom. The summed E-state index contributed by atoms with van der Waals surface area (Å²) in [5, 5.41) is 8.76. The number of methoxy groups -OCH3 is 1. The van der Waals surface area contributed by atoms with Gasteiger partial charge in [0.15, 0.2) is 0 Å². The first-order chi connectivity index (χ1) is 10.2. The molecule has 0 N–H and O–H groups in total. The summed E-state index contributed by atoms with van der Waals surface area (Å²) < 4.78 is 4.78. The highest BCUT2D eigenvalue weighted by molar-refractivity contribution is 5.78. The highest BCUT2D eigenvalue weighted by atomic mass is 16.5. The summed E-state index contributed by atoms with van der Waals surface area (Å²) in [5.74, 6) is 0.955. The number of rotatable bonds is 4. The molecule has 0 spiro atoms. The number of carbonyl (C=O) groups excluding carboxylic acids is 1. The normalized spacial score (nSPS) is 15.0. The van der Waals surface area contributed by atoms with Gasteiger partial charge in [0.2, 0.25) is 5.91 Å². The molecule has 6 heteroatoms. The molecule has 0 unspecified atom stereocenters. The van der Waals surface area contributed by atoms with Crippen LogP contribution in [0.2, 0.25) is 0 Å². The largest absolute Gasteiger partial charge is 0.505 e. The summed E-state index contributed by atoms with van der Waals surface area (Å²) in [4.78, 5) is 20.2. The van der Waals surface area contributed by atoms with E-state index in [1.54, 1.807) is 25.4 Å². The summed E-state index contributed by atoms with van der Waals surface area (Å²) in [5.41, 5.74) is 0.553. The number of nitrogens with zero attached hydrogens (tertiary/aromatic N) is 4. The molecule has 0 aliphatic carbocycles. The van der Waals surface area contributed by atoms with E-state index < -0.39 is 0 Å². The third-order valence-corrected chi connectivity index (χ3v) is 3.36. The molecule has 1 fully saturated rings. The number of hydrogen-bond donors (Lipinski definition) is 0. The molecule has 0 saturated carbocycles. The number of ether oxygens (including phenoxy) is 1. The van der Waals surface area contributed by atoms with Crippen molar-refractivity contribution in [1.82, 2.24) is 9.88 Å². The number of carbonyl (C=O) groups is 1. The van der Waals surface area contributed by atoms with E-state index in [0.717, 1.165) is 18.9 Å². The van der Waals surface area contributed by atoms with Crippen LogP contribution < -0.4 is 4.90 Å². The predicted octanol–water partition coefficient (Wildman–Crippen LogP) is 1.15. The second kappa shape index (κ2) is 7.29. The molecule has 21 heavy (non-hydrogen) atoms. The van der Waals surface area contributed by atoms with Gasteiger partial charge in [-0.3, -0.25) is 4.79 Å². The van der Waals surface area contributed by atoms with Gasteiger partial charge in [0.1, 0.15) is 11.9 Å². The molecule has 2 heterocycles. The highest BCUT2D eigenvalue weighted by Crippen LogP contribution is 2.14. The minimum atomic E-state index is 0.107. The van der Waals surface area contributed by atoms with Gasteiger partial charge in [-0.15, -0.1) is 0 Å². The lowest BCUT2D eigenvalue weighted by atomic mass is 10.2. The van der Waals surface area contributed by atoms with Gasteiger partial charge in [0, 0.05) is 38.8 Å². The first-order valence-corrected chi connectivity index (χ1v) is 6.81. The van der Waals surface area contributed by atoms with Crippen molar-refractivity contribution in [2.45, 2.75) is 6.42 Å². The van der Waals surface area contributed by atoms with Crippen molar-refractivity contribution in [1.29, 1.82) is 5.26 Å². The van der Waals surface area contributed by atoms with Gasteiger partial charge < -0.3 is 14.5 Å². The predicted molar refractivity (Wildman–Crippen MR) is 78.5 cm³/mol. The molecule has 1 aliphatic heterocycles. The maximum atomic E-state index is 11.9. The second-order valence-electron chi connectivity index (χ2n) is 4.70. The van der Waals surface area contributed by atoms with Crippen molar-refractivity contribution in [3.63, 3.8) is 0 Å². The minimum absolute atomic E-state index is 0.107. The van der Waals surface area contributed by atoms with Crippen LogP contribution in [0.4, 0.5) is 5.82 Å². The molecule has 110 valence electrons. The summed E-state index contributed by atoms with van der Waals surface area (Å²) in [6.07, 6.45) is 5.18. The van der Waals surface area contributed by atoms with Gasteiger partial charge in [-0.1, -0.05) is 0 Å². The van der Waals surface area contributed by atoms with Crippen LogP contribution in [0.1, 0.15) is 12.0 Å². The maximum absolute atomic E-state index is 11.9. The number of piperazine rings is 1. The van der Waals surface area contributed by atoms with Crippen molar-refractivity contribution in [2.75, 3.05) is 38.2 Å². The standard InChI is InChI=1S/C15H18N4O2/c1-21-10-2-3-15(20)19-8-6-18(7-9-19)14-5-4-13(11-16)12-17-14/h2,4-5,10,12H,3,6-9H2,1H3/b10-2-. The molecule has 1 aliphatic rings. The van der Waals surface area contributed by atoms with Gasteiger partial charge in [-0.05, 0) is 18.2 Å². The highest BCUT2D eigenvalue weighted by Gasteiger charge is 2.20. The Hall–Kier alpha value is -2.55. The van der Waals surface area contributed by atoms with Crippen molar-refractivity contribution in [3.8, 4) is 6.07 Å². The molecule has 0 radical (unpaired) electrons. The Morgan fingerprint density at radius 1 is 1.43 bits per heavy atom. The number of amides is 1. The number of hydrogen-bond acceptors (Lipinski definition) is 5. The Bertz CT molecular complexity index is 540. The number of aromatic nitrogens is 1. The molecule has 2 rings (SSSR count). The molecule has 1 aromatic rings. The molecule has 1 amide bonds. The molecule has 1 aromatic heterocycles. The number of pyridine rings is 1. The fourth-order valence-electron chi connectivity index (χ4n) is 2.20. The topological polar surface area (TPSA) is 69.5 Å². The quantitative estimate of drug-likeness (QED) is 0.777. The van der Waals surface area contributed by atoms with Gasteiger partial charge in [0.05, 0.1) is 18.9 Å². The molecule has 6 nitrogen and oxygen atoms in total. The van der Waals surface area contributed by atoms with E-state index in [4.69, 9.17) is 10.00 Å². The Labute approximate surface area is 124 Å². The average molecular weight is 286 g/mol. The van der Waals surface area contributed by atoms with Gasteiger partial charge in [-0.25, -0.2) is 4.98 Å². The van der Waals surface area contributed by atoms with Crippen LogP contribution in [0.25, 0.3) is 0 Å². The Kier molecular flexibility index (Phi) is 5.16. The molecule has 1 saturated heterocycles. The van der Waals surface area contributed by atoms with E-state index >= 15 is 0 Å². The van der Waals surface area contributed by atoms with E-state index in [1.807, 2.05) is 11.0 Å². The first kappa shape index (κ1) is 14.9. The van der Waals surface area contributed by atoms with Crippen LogP contribution >= 0.6 is 0 Å². The van der Waals surface area contributed by atoms with Crippen LogP contribution in [-0.2, 0) is 9.53 Å². The van der Waals surface area contributed by atoms with Crippen LogP contribution in [0, 0.1) is 11.3 Å².